The van der Waals surface area contributed by atoms with Gasteiger partial charge in [0.1, 0.15) is 25.5 Å². The van der Waals surface area contributed by atoms with Crippen molar-refractivity contribution in [2.45, 2.75) is 128 Å². The first kappa shape index (κ1) is 42.2. The standard InChI is InChI=1S/C32H58NO10P/c1-5-6-7-8-9-10-11-12-13-14-15-16-17-23-32(38)41-26-29(36)27-42-44(39,40)43-31(25-33(2,3)4)30(37)22-18-20-28(35)21-19-24-34/h19,21,24,29,31,36H,5-18,20,22-23,25-27H2,1-4H3/p+1. The summed E-state index contributed by atoms with van der Waals surface area (Å²) in [5, 5.41) is 10.1. The predicted octanol–water partition coefficient (Wildman–Crippen LogP) is 5.64. The van der Waals surface area contributed by atoms with Crippen molar-refractivity contribution in [1.82, 2.24) is 0 Å². The Morgan fingerprint density at radius 1 is 0.795 bits per heavy atom. The first-order valence-electron chi connectivity index (χ1n) is 16.3. The monoisotopic (exact) mass is 648 g/mol. The first-order chi connectivity index (χ1) is 20.8. The smallest absolute Gasteiger partial charge is 0.463 e. The van der Waals surface area contributed by atoms with E-state index >= 15 is 0 Å². The molecule has 0 aliphatic carbocycles. The number of unbranched alkanes of at least 4 members (excludes halogenated alkanes) is 12. The van der Waals surface area contributed by atoms with E-state index < -0.39 is 45.0 Å². The fourth-order valence-electron chi connectivity index (χ4n) is 4.49. The number of quaternary nitrogens is 1. The van der Waals surface area contributed by atoms with Gasteiger partial charge < -0.3 is 19.2 Å². The van der Waals surface area contributed by atoms with Gasteiger partial charge >= 0.3 is 13.8 Å². The highest BCUT2D eigenvalue weighted by atomic mass is 31.2. The van der Waals surface area contributed by atoms with Crippen LogP contribution in [0, 0.1) is 0 Å². The number of Topliss-reactive ketones (excluding diaryl/α,β-unsaturated/α-hetero) is 1. The summed E-state index contributed by atoms with van der Waals surface area (Å²) >= 11 is 0. The van der Waals surface area contributed by atoms with Gasteiger partial charge in [-0.2, -0.15) is 0 Å². The Labute approximate surface area is 264 Å². The molecular weight excluding hydrogens is 589 g/mol. The number of likely N-dealkylation sites (N-methyl/N-ethyl adjacent to an activating group) is 1. The average molecular weight is 649 g/mol. The lowest BCUT2D eigenvalue weighted by Gasteiger charge is -2.29. The highest BCUT2D eigenvalue weighted by Gasteiger charge is 2.35. The number of carbonyl (C=O) groups excluding carboxylic acids is 4. The Morgan fingerprint density at radius 2 is 1.34 bits per heavy atom. The van der Waals surface area contributed by atoms with Gasteiger partial charge in [0.15, 0.2) is 17.7 Å². The van der Waals surface area contributed by atoms with Crippen molar-refractivity contribution in [3.05, 3.63) is 12.2 Å². The lowest BCUT2D eigenvalue weighted by molar-refractivity contribution is -0.872. The SMILES string of the molecule is CCCCCCCCCCCCCCCC(=O)OCC(O)COP(=O)(O)OC(C[N+](C)(C)C)C(=O)CCCC(=O)C=CC=O. The van der Waals surface area contributed by atoms with Crippen LogP contribution in [0.4, 0.5) is 0 Å². The average Bonchev–Trinajstić information content (AvgIpc) is 2.95. The molecule has 0 aliphatic heterocycles. The van der Waals surface area contributed by atoms with Crippen LogP contribution in [-0.4, -0.2) is 91.4 Å². The van der Waals surface area contributed by atoms with Crippen molar-refractivity contribution in [2.24, 2.45) is 0 Å². The molecule has 0 heterocycles. The summed E-state index contributed by atoms with van der Waals surface area (Å²) < 4.78 is 27.9. The number of ketones is 2. The van der Waals surface area contributed by atoms with E-state index in [-0.39, 0.29) is 42.5 Å². The Bertz CT molecular complexity index is 887. The zero-order valence-corrected chi connectivity index (χ0v) is 28.5. The van der Waals surface area contributed by atoms with E-state index in [9.17, 15) is 33.7 Å². The summed E-state index contributed by atoms with van der Waals surface area (Å²) in [7, 11) is 0.575. The molecule has 2 N–H and O–H groups in total. The van der Waals surface area contributed by atoms with Crippen LogP contribution in [0.15, 0.2) is 12.2 Å². The number of aldehydes is 1. The molecule has 11 nitrogen and oxygen atoms in total. The number of ether oxygens (including phenoxy) is 1. The molecule has 0 bridgehead atoms. The molecule has 0 spiro atoms. The number of allylic oxidation sites excluding steroid dienone is 2. The minimum absolute atomic E-state index is 0.0325. The number of nitrogens with zero attached hydrogens (tertiary/aromatic N) is 1. The molecule has 0 radical (unpaired) electrons. The quantitative estimate of drug-likeness (QED) is 0.0250. The minimum atomic E-state index is -4.75. The molecule has 0 aromatic rings. The first-order valence-corrected chi connectivity index (χ1v) is 17.8. The third kappa shape index (κ3) is 26.6. The number of esters is 1. The van der Waals surface area contributed by atoms with Gasteiger partial charge in [0.25, 0.3) is 0 Å². The number of aliphatic hydroxyl groups excluding tert-OH is 1. The van der Waals surface area contributed by atoms with Crippen molar-refractivity contribution in [3.63, 3.8) is 0 Å². The second-order valence-corrected chi connectivity index (χ2v) is 13.8. The fourth-order valence-corrected chi connectivity index (χ4v) is 5.41. The Morgan fingerprint density at radius 3 is 1.86 bits per heavy atom. The van der Waals surface area contributed by atoms with Crippen LogP contribution >= 0.6 is 7.82 Å². The maximum atomic E-state index is 12.7. The molecule has 0 saturated heterocycles. The lowest BCUT2D eigenvalue weighted by Crippen LogP contribution is -2.45. The van der Waals surface area contributed by atoms with Gasteiger partial charge in [-0.1, -0.05) is 84.0 Å². The molecule has 0 rings (SSSR count). The van der Waals surface area contributed by atoms with E-state index in [1.54, 1.807) is 21.1 Å². The van der Waals surface area contributed by atoms with Gasteiger partial charge in [-0.25, -0.2) is 4.57 Å². The van der Waals surface area contributed by atoms with Crippen LogP contribution in [-0.2, 0) is 37.5 Å². The number of phosphoric ester groups is 1. The third-order valence-corrected chi connectivity index (χ3v) is 7.89. The summed E-state index contributed by atoms with van der Waals surface area (Å²) in [5.41, 5.74) is 0. The number of rotatable bonds is 30. The van der Waals surface area contributed by atoms with E-state index in [0.717, 1.165) is 31.4 Å². The summed E-state index contributed by atoms with van der Waals surface area (Å²) in [4.78, 5) is 56.9. The molecule has 3 atom stereocenters. The van der Waals surface area contributed by atoms with Crippen molar-refractivity contribution >= 4 is 31.6 Å². The largest absolute Gasteiger partial charge is 0.473 e. The second kappa shape index (κ2) is 25.4. The number of phosphoric acid groups is 1. The van der Waals surface area contributed by atoms with E-state index in [0.29, 0.717) is 12.7 Å². The highest BCUT2D eigenvalue weighted by Crippen LogP contribution is 2.45. The normalized spacial score (nSPS) is 14.7. The summed E-state index contributed by atoms with van der Waals surface area (Å²) in [6, 6.07) is 0. The summed E-state index contributed by atoms with van der Waals surface area (Å²) in [6.45, 7) is 1.26. The molecule has 0 aromatic carbocycles. The van der Waals surface area contributed by atoms with Gasteiger partial charge in [0, 0.05) is 19.3 Å². The maximum absolute atomic E-state index is 12.7. The molecule has 256 valence electrons. The maximum Gasteiger partial charge on any atom is 0.473 e. The Kier molecular flexibility index (Phi) is 24.4. The van der Waals surface area contributed by atoms with Crippen LogP contribution in [0.5, 0.6) is 0 Å². The molecule has 0 amide bonds. The summed E-state index contributed by atoms with van der Waals surface area (Å²) in [6.07, 6.45) is 16.0. The van der Waals surface area contributed by atoms with Crippen molar-refractivity contribution in [1.29, 1.82) is 0 Å². The van der Waals surface area contributed by atoms with Crippen molar-refractivity contribution in [3.8, 4) is 0 Å². The van der Waals surface area contributed by atoms with Gasteiger partial charge in [0.05, 0.1) is 27.7 Å². The molecule has 0 aliphatic rings. The number of hydrogen-bond donors (Lipinski definition) is 2. The van der Waals surface area contributed by atoms with Gasteiger partial charge in [-0.05, 0) is 25.0 Å². The molecule has 12 heteroatoms. The zero-order valence-electron chi connectivity index (χ0n) is 27.6. The lowest BCUT2D eigenvalue weighted by atomic mass is 10.0. The van der Waals surface area contributed by atoms with E-state index in [1.807, 2.05) is 0 Å². The molecule has 3 unspecified atom stereocenters. The third-order valence-electron chi connectivity index (χ3n) is 6.89. The van der Waals surface area contributed by atoms with Crippen LogP contribution in [0.2, 0.25) is 0 Å². The Hall–Kier alpha value is -1.75. The topological polar surface area (TPSA) is 154 Å². The Balaban J connectivity index is 4.26. The number of carbonyl (C=O) groups is 4. The number of aliphatic hydroxyl groups is 1. The van der Waals surface area contributed by atoms with Crippen molar-refractivity contribution in [2.75, 3.05) is 40.9 Å². The van der Waals surface area contributed by atoms with E-state index in [4.69, 9.17) is 13.8 Å². The van der Waals surface area contributed by atoms with E-state index in [1.165, 1.54) is 57.8 Å². The molecule has 0 aromatic heterocycles. The molecular formula is C32H59NO10P+. The van der Waals surface area contributed by atoms with Crippen LogP contribution in [0.25, 0.3) is 0 Å². The highest BCUT2D eigenvalue weighted by molar-refractivity contribution is 7.47. The van der Waals surface area contributed by atoms with Gasteiger partial charge in [0.2, 0.25) is 0 Å². The molecule has 0 fully saturated rings. The van der Waals surface area contributed by atoms with Crippen LogP contribution in [0.3, 0.4) is 0 Å². The van der Waals surface area contributed by atoms with Gasteiger partial charge in [-0.15, -0.1) is 0 Å². The van der Waals surface area contributed by atoms with Crippen LogP contribution in [0.1, 0.15) is 116 Å². The zero-order chi connectivity index (χ0) is 33.3. The minimum Gasteiger partial charge on any atom is -0.463 e. The summed E-state index contributed by atoms with van der Waals surface area (Å²) in [5.74, 6) is -1.25. The van der Waals surface area contributed by atoms with Crippen LogP contribution < -0.4 is 0 Å². The van der Waals surface area contributed by atoms with E-state index in [2.05, 4.69) is 6.92 Å². The fraction of sp³-hybridized carbons (Fsp3) is 0.812. The van der Waals surface area contributed by atoms with Gasteiger partial charge in [-0.3, -0.25) is 28.2 Å². The molecule has 0 saturated carbocycles. The molecule has 44 heavy (non-hydrogen) atoms. The predicted molar refractivity (Wildman–Crippen MR) is 170 cm³/mol. The second-order valence-electron chi connectivity index (χ2n) is 12.4. The number of hydrogen-bond acceptors (Lipinski definition) is 9. The van der Waals surface area contributed by atoms with Crippen molar-refractivity contribution < 1.29 is 52.0 Å².